The molecule has 3 aromatic carbocycles. The van der Waals surface area contributed by atoms with E-state index in [1.54, 1.807) is 61.5 Å². The summed E-state index contributed by atoms with van der Waals surface area (Å²) < 4.78 is 37.2. The van der Waals surface area contributed by atoms with Crippen LogP contribution < -0.4 is 19.2 Å². The molecular weight excluding hydrogens is 490 g/mol. The van der Waals surface area contributed by atoms with E-state index in [1.165, 1.54) is 4.31 Å². The van der Waals surface area contributed by atoms with Crippen molar-refractivity contribution in [2.45, 2.75) is 13.5 Å². The molecule has 0 unspecified atom stereocenters. The molecule has 0 atom stereocenters. The van der Waals surface area contributed by atoms with Gasteiger partial charge in [0.15, 0.2) is 11.5 Å². The van der Waals surface area contributed by atoms with Crippen LogP contribution in [0.1, 0.15) is 28.4 Å². The number of hydrazone groups is 1. The maximum Gasteiger partial charge on any atom is 0.271 e. The molecule has 35 heavy (non-hydrogen) atoms. The fourth-order valence-electron chi connectivity index (χ4n) is 3.49. The molecule has 10 heteroatoms. The molecule has 1 N–H and O–H groups in total. The number of halogens is 1. The van der Waals surface area contributed by atoms with Gasteiger partial charge in [0.25, 0.3) is 5.91 Å². The zero-order valence-electron chi connectivity index (χ0n) is 19.2. The van der Waals surface area contributed by atoms with E-state index < -0.39 is 15.9 Å². The summed E-state index contributed by atoms with van der Waals surface area (Å²) in [6.07, 6.45) is 1.12. The van der Waals surface area contributed by atoms with E-state index >= 15 is 0 Å². The average molecular weight is 514 g/mol. The highest BCUT2D eigenvalue weighted by Crippen LogP contribution is 2.31. The van der Waals surface area contributed by atoms with Gasteiger partial charge in [0.2, 0.25) is 10.0 Å². The van der Waals surface area contributed by atoms with Crippen LogP contribution in [0.25, 0.3) is 0 Å². The molecule has 1 heterocycles. The van der Waals surface area contributed by atoms with Crippen LogP contribution in [-0.2, 0) is 16.6 Å². The SMILES string of the molecule is C/C(=N/NC(=O)c1ccc(N(Cc2ccccc2Cl)S(C)(=O)=O)cc1)c1ccc2c(c1)OCCO2. The van der Waals surface area contributed by atoms with Crippen LogP contribution in [-0.4, -0.2) is 39.5 Å². The number of carbonyl (C=O) groups excluding carboxylic acids is 1. The minimum absolute atomic E-state index is 0.0725. The number of ether oxygens (including phenoxy) is 2. The number of amides is 1. The van der Waals surface area contributed by atoms with Crippen molar-refractivity contribution >= 4 is 38.9 Å². The number of hydrogen-bond acceptors (Lipinski definition) is 6. The van der Waals surface area contributed by atoms with Gasteiger partial charge in [-0.1, -0.05) is 29.8 Å². The van der Waals surface area contributed by atoms with E-state index in [2.05, 4.69) is 10.5 Å². The lowest BCUT2D eigenvalue weighted by Crippen LogP contribution is -2.29. The van der Waals surface area contributed by atoms with E-state index in [4.69, 9.17) is 21.1 Å². The van der Waals surface area contributed by atoms with Crippen LogP contribution in [0.3, 0.4) is 0 Å². The molecule has 0 spiro atoms. The predicted octanol–water partition coefficient (Wildman–Crippen LogP) is 4.23. The second-order valence-corrected chi connectivity index (χ2v) is 10.2. The monoisotopic (exact) mass is 513 g/mol. The lowest BCUT2D eigenvalue weighted by atomic mass is 10.1. The average Bonchev–Trinajstić information content (AvgIpc) is 2.85. The fraction of sp³-hybridized carbons (Fsp3) is 0.200. The zero-order valence-corrected chi connectivity index (χ0v) is 20.8. The van der Waals surface area contributed by atoms with Gasteiger partial charge in [-0.25, -0.2) is 13.8 Å². The molecule has 1 aliphatic heterocycles. The molecule has 182 valence electrons. The van der Waals surface area contributed by atoms with E-state index in [-0.39, 0.29) is 6.54 Å². The Morgan fingerprint density at radius 2 is 1.66 bits per heavy atom. The van der Waals surface area contributed by atoms with E-state index in [0.29, 0.717) is 52.3 Å². The third kappa shape index (κ3) is 5.93. The highest BCUT2D eigenvalue weighted by atomic mass is 35.5. The molecule has 0 aliphatic carbocycles. The molecular formula is C25H24ClN3O5S. The van der Waals surface area contributed by atoms with Crippen molar-refractivity contribution in [2.75, 3.05) is 23.8 Å². The van der Waals surface area contributed by atoms with Gasteiger partial charge in [-0.2, -0.15) is 5.10 Å². The Balaban J connectivity index is 1.47. The molecule has 1 amide bonds. The topological polar surface area (TPSA) is 97.3 Å². The molecule has 0 fully saturated rings. The first kappa shape index (κ1) is 24.6. The highest BCUT2D eigenvalue weighted by Gasteiger charge is 2.20. The summed E-state index contributed by atoms with van der Waals surface area (Å²) in [6.45, 7) is 2.83. The van der Waals surface area contributed by atoms with Crippen LogP contribution in [0.2, 0.25) is 5.02 Å². The first-order valence-electron chi connectivity index (χ1n) is 10.8. The van der Waals surface area contributed by atoms with E-state index in [1.807, 2.05) is 12.1 Å². The van der Waals surface area contributed by atoms with Crippen molar-refractivity contribution in [1.82, 2.24) is 5.43 Å². The Morgan fingerprint density at radius 3 is 2.34 bits per heavy atom. The van der Waals surface area contributed by atoms with Crippen molar-refractivity contribution in [3.63, 3.8) is 0 Å². The summed E-state index contributed by atoms with van der Waals surface area (Å²) in [5.74, 6) is 0.887. The van der Waals surface area contributed by atoms with Gasteiger partial charge in [0.1, 0.15) is 13.2 Å². The summed E-state index contributed by atoms with van der Waals surface area (Å²) in [4.78, 5) is 12.6. The Morgan fingerprint density at radius 1 is 1.00 bits per heavy atom. The standard InChI is InChI=1S/C25H24ClN3O5S/c1-17(19-9-12-23-24(15-19)34-14-13-33-23)27-28-25(30)18-7-10-21(11-8-18)29(35(2,31)32)16-20-5-3-4-6-22(20)26/h3-12,15H,13-14,16H2,1-2H3,(H,28,30)/b27-17-. The Bertz CT molecular complexity index is 1370. The van der Waals surface area contributed by atoms with Crippen molar-refractivity contribution in [1.29, 1.82) is 0 Å². The number of fused-ring (bicyclic) bond motifs is 1. The number of carbonyl (C=O) groups is 1. The smallest absolute Gasteiger partial charge is 0.271 e. The number of nitrogens with one attached hydrogen (secondary N) is 1. The van der Waals surface area contributed by atoms with E-state index in [0.717, 1.165) is 11.8 Å². The summed E-state index contributed by atoms with van der Waals surface area (Å²) in [6, 6.07) is 18.7. The zero-order chi connectivity index (χ0) is 25.0. The van der Waals surface area contributed by atoms with Crippen LogP contribution in [0.4, 0.5) is 5.69 Å². The van der Waals surface area contributed by atoms with Crippen LogP contribution in [0.15, 0.2) is 71.8 Å². The van der Waals surface area contributed by atoms with Crippen molar-refractivity contribution in [3.8, 4) is 11.5 Å². The van der Waals surface area contributed by atoms with Crippen molar-refractivity contribution in [2.24, 2.45) is 5.10 Å². The minimum atomic E-state index is -3.59. The van der Waals surface area contributed by atoms with Gasteiger partial charge >= 0.3 is 0 Å². The summed E-state index contributed by atoms with van der Waals surface area (Å²) in [5.41, 5.74) is 5.33. The predicted molar refractivity (Wildman–Crippen MR) is 136 cm³/mol. The first-order chi connectivity index (χ1) is 16.7. The number of sulfonamides is 1. The fourth-order valence-corrected chi connectivity index (χ4v) is 4.57. The highest BCUT2D eigenvalue weighted by molar-refractivity contribution is 7.92. The van der Waals surface area contributed by atoms with Crippen LogP contribution >= 0.6 is 11.6 Å². The molecule has 3 aromatic rings. The van der Waals surface area contributed by atoms with Gasteiger partial charge < -0.3 is 9.47 Å². The maximum absolute atomic E-state index is 12.6. The Kier molecular flexibility index (Phi) is 7.28. The number of benzene rings is 3. The number of rotatable bonds is 7. The third-order valence-corrected chi connectivity index (χ3v) is 6.88. The van der Waals surface area contributed by atoms with Gasteiger partial charge in [0, 0.05) is 16.1 Å². The Hall–Kier alpha value is -3.56. The number of anilines is 1. The first-order valence-corrected chi connectivity index (χ1v) is 13.0. The molecule has 4 rings (SSSR count). The lowest BCUT2D eigenvalue weighted by Gasteiger charge is -2.23. The normalized spacial score (nSPS) is 13.3. The molecule has 0 saturated heterocycles. The minimum Gasteiger partial charge on any atom is -0.486 e. The second-order valence-electron chi connectivity index (χ2n) is 7.90. The molecule has 0 bridgehead atoms. The number of hydrogen-bond donors (Lipinski definition) is 1. The molecule has 0 aromatic heterocycles. The van der Waals surface area contributed by atoms with Crippen molar-refractivity contribution < 1.29 is 22.7 Å². The van der Waals surface area contributed by atoms with E-state index in [9.17, 15) is 13.2 Å². The van der Waals surface area contributed by atoms with Gasteiger partial charge in [0.05, 0.1) is 24.2 Å². The second kappa shape index (κ2) is 10.4. The van der Waals surface area contributed by atoms with Crippen molar-refractivity contribution in [3.05, 3.63) is 88.4 Å². The summed E-state index contributed by atoms with van der Waals surface area (Å²) in [7, 11) is -3.59. The third-order valence-electron chi connectivity index (χ3n) is 5.37. The molecule has 0 saturated carbocycles. The molecule has 8 nitrogen and oxygen atoms in total. The molecule has 0 radical (unpaired) electrons. The largest absolute Gasteiger partial charge is 0.486 e. The lowest BCUT2D eigenvalue weighted by molar-refractivity contribution is 0.0955. The Labute approximate surface area is 209 Å². The van der Waals surface area contributed by atoms with Gasteiger partial charge in [-0.15, -0.1) is 0 Å². The van der Waals surface area contributed by atoms with Gasteiger partial charge in [-0.3, -0.25) is 9.10 Å². The number of nitrogens with zero attached hydrogens (tertiary/aromatic N) is 2. The maximum atomic E-state index is 12.6. The molecule has 1 aliphatic rings. The quantitative estimate of drug-likeness (QED) is 0.376. The van der Waals surface area contributed by atoms with Crippen LogP contribution in [0, 0.1) is 0 Å². The van der Waals surface area contributed by atoms with Crippen LogP contribution in [0.5, 0.6) is 11.5 Å². The van der Waals surface area contributed by atoms with Gasteiger partial charge in [-0.05, 0) is 61.0 Å². The summed E-state index contributed by atoms with van der Waals surface area (Å²) in [5, 5.41) is 4.66. The summed E-state index contributed by atoms with van der Waals surface area (Å²) >= 11 is 6.21.